The summed E-state index contributed by atoms with van der Waals surface area (Å²) in [4.78, 5) is 25.4. The standard InChI is InChI=1S/C23H26ClN3O4S/c1-5-31-22(28)14-8-10-27(11-9-14)20-19-18(13(2)32-21(19)26-23(24)25-20)15-6-7-16(29-3)17(12-15)30-4/h6-7,12,14H,5,8-11H2,1-4H3. The molecule has 170 valence electrons. The van der Waals surface area contributed by atoms with Gasteiger partial charge < -0.3 is 19.1 Å². The zero-order valence-electron chi connectivity index (χ0n) is 18.6. The first-order chi connectivity index (χ1) is 15.5. The minimum Gasteiger partial charge on any atom is -0.493 e. The van der Waals surface area contributed by atoms with Gasteiger partial charge in [-0.25, -0.2) is 4.98 Å². The third-order valence-corrected chi connectivity index (χ3v) is 6.94. The lowest BCUT2D eigenvalue weighted by atomic mass is 9.96. The van der Waals surface area contributed by atoms with E-state index in [2.05, 4.69) is 21.8 Å². The summed E-state index contributed by atoms with van der Waals surface area (Å²) in [5, 5.41) is 1.19. The second kappa shape index (κ2) is 9.50. The average Bonchev–Trinajstić information content (AvgIpc) is 3.13. The number of hydrogen-bond donors (Lipinski definition) is 0. The lowest BCUT2D eigenvalue weighted by molar-refractivity contribution is -0.148. The fourth-order valence-corrected chi connectivity index (χ4v) is 5.48. The van der Waals surface area contributed by atoms with E-state index in [0.717, 1.165) is 44.9 Å². The van der Waals surface area contributed by atoms with E-state index in [1.807, 2.05) is 25.1 Å². The number of rotatable bonds is 6. The summed E-state index contributed by atoms with van der Waals surface area (Å²) in [7, 11) is 3.25. The second-order valence-corrected chi connectivity index (χ2v) is 9.15. The summed E-state index contributed by atoms with van der Waals surface area (Å²) in [5.41, 5.74) is 2.06. The van der Waals surface area contributed by atoms with Crippen LogP contribution in [-0.2, 0) is 9.53 Å². The highest BCUT2D eigenvalue weighted by Gasteiger charge is 2.29. The van der Waals surface area contributed by atoms with Crippen LogP contribution in [0.1, 0.15) is 24.6 Å². The molecule has 0 bridgehead atoms. The molecule has 1 aliphatic rings. The fraction of sp³-hybridized carbons (Fsp3) is 0.435. The molecule has 1 saturated heterocycles. The Bertz CT molecular complexity index is 1140. The predicted molar refractivity (Wildman–Crippen MR) is 127 cm³/mol. The van der Waals surface area contributed by atoms with Crippen LogP contribution in [0.4, 0.5) is 5.82 Å². The van der Waals surface area contributed by atoms with E-state index in [-0.39, 0.29) is 17.2 Å². The molecule has 3 aromatic rings. The maximum atomic E-state index is 12.2. The number of ether oxygens (including phenoxy) is 3. The number of carbonyl (C=O) groups is 1. The van der Waals surface area contributed by atoms with Crippen LogP contribution >= 0.6 is 22.9 Å². The van der Waals surface area contributed by atoms with Crippen molar-refractivity contribution in [2.75, 3.05) is 38.8 Å². The lowest BCUT2D eigenvalue weighted by Crippen LogP contribution is -2.37. The molecule has 1 aliphatic heterocycles. The van der Waals surface area contributed by atoms with Gasteiger partial charge in [-0.3, -0.25) is 4.79 Å². The van der Waals surface area contributed by atoms with Crippen molar-refractivity contribution in [2.45, 2.75) is 26.7 Å². The molecule has 4 rings (SSSR count). The summed E-state index contributed by atoms with van der Waals surface area (Å²) in [5.74, 6) is 1.95. The van der Waals surface area contributed by atoms with Crippen molar-refractivity contribution in [2.24, 2.45) is 5.92 Å². The van der Waals surface area contributed by atoms with E-state index >= 15 is 0 Å². The highest BCUT2D eigenvalue weighted by Crippen LogP contribution is 2.44. The number of esters is 1. The van der Waals surface area contributed by atoms with Gasteiger partial charge in [-0.2, -0.15) is 4.98 Å². The first kappa shape index (κ1) is 22.6. The summed E-state index contributed by atoms with van der Waals surface area (Å²) in [6.45, 7) is 5.72. The van der Waals surface area contributed by atoms with Crippen molar-refractivity contribution in [3.63, 3.8) is 0 Å². The number of methoxy groups -OCH3 is 2. The number of aryl methyl sites for hydroxylation is 1. The van der Waals surface area contributed by atoms with Gasteiger partial charge in [-0.05, 0) is 56.0 Å². The van der Waals surface area contributed by atoms with Crippen molar-refractivity contribution >= 4 is 44.9 Å². The van der Waals surface area contributed by atoms with E-state index in [1.165, 1.54) is 0 Å². The number of thiophene rings is 1. The molecule has 1 aromatic carbocycles. The van der Waals surface area contributed by atoms with Crippen molar-refractivity contribution in [1.82, 2.24) is 9.97 Å². The van der Waals surface area contributed by atoms with E-state index < -0.39 is 0 Å². The average molecular weight is 476 g/mol. The first-order valence-corrected chi connectivity index (χ1v) is 11.8. The summed E-state index contributed by atoms with van der Waals surface area (Å²) in [6.07, 6.45) is 1.44. The molecule has 2 aromatic heterocycles. The smallest absolute Gasteiger partial charge is 0.309 e. The van der Waals surface area contributed by atoms with Gasteiger partial charge in [0, 0.05) is 23.5 Å². The summed E-state index contributed by atoms with van der Waals surface area (Å²) < 4.78 is 16.1. The Labute approximate surface area is 196 Å². The lowest BCUT2D eigenvalue weighted by Gasteiger charge is -2.32. The minimum atomic E-state index is -0.115. The van der Waals surface area contributed by atoms with Gasteiger partial charge in [0.1, 0.15) is 10.6 Å². The number of carbonyl (C=O) groups excluding carboxylic acids is 1. The Balaban J connectivity index is 1.76. The van der Waals surface area contributed by atoms with Crippen LogP contribution in [0.5, 0.6) is 11.5 Å². The molecule has 1 fully saturated rings. The van der Waals surface area contributed by atoms with Crippen molar-refractivity contribution in [3.05, 3.63) is 28.4 Å². The maximum absolute atomic E-state index is 12.2. The fourth-order valence-electron chi connectivity index (χ4n) is 4.22. The van der Waals surface area contributed by atoms with Crippen molar-refractivity contribution in [1.29, 1.82) is 0 Å². The number of hydrogen-bond acceptors (Lipinski definition) is 8. The van der Waals surface area contributed by atoms with Crippen LogP contribution < -0.4 is 14.4 Å². The molecule has 3 heterocycles. The maximum Gasteiger partial charge on any atom is 0.309 e. The topological polar surface area (TPSA) is 73.8 Å². The zero-order chi connectivity index (χ0) is 22.8. The van der Waals surface area contributed by atoms with Crippen LogP contribution in [0.2, 0.25) is 5.28 Å². The third kappa shape index (κ3) is 4.21. The van der Waals surface area contributed by atoms with Gasteiger partial charge in [-0.15, -0.1) is 11.3 Å². The number of piperidine rings is 1. The normalized spacial score (nSPS) is 14.6. The molecule has 0 atom stereocenters. The van der Waals surface area contributed by atoms with Crippen molar-refractivity contribution in [3.8, 4) is 22.6 Å². The van der Waals surface area contributed by atoms with Gasteiger partial charge in [0.2, 0.25) is 5.28 Å². The molecular formula is C23H26ClN3O4S. The van der Waals surface area contributed by atoms with Crippen LogP contribution in [0, 0.1) is 12.8 Å². The number of fused-ring (bicyclic) bond motifs is 1. The number of nitrogens with zero attached hydrogens (tertiary/aromatic N) is 3. The predicted octanol–water partition coefficient (Wildman–Crippen LogP) is 5.12. The SMILES string of the molecule is CCOC(=O)C1CCN(c2nc(Cl)nc3sc(C)c(-c4ccc(OC)c(OC)c4)c23)CC1. The van der Waals surface area contributed by atoms with Gasteiger partial charge in [-0.1, -0.05) is 6.07 Å². The number of anilines is 1. The number of halogens is 1. The van der Waals surface area contributed by atoms with Gasteiger partial charge in [0.25, 0.3) is 0 Å². The molecule has 0 amide bonds. The Morgan fingerprint density at radius 2 is 1.91 bits per heavy atom. The quantitative estimate of drug-likeness (QED) is 0.362. The molecule has 0 unspecified atom stereocenters. The van der Waals surface area contributed by atoms with Gasteiger partial charge in [0.05, 0.1) is 32.1 Å². The van der Waals surface area contributed by atoms with E-state index in [1.54, 1.807) is 25.6 Å². The molecule has 0 saturated carbocycles. The van der Waals surface area contributed by atoms with E-state index in [0.29, 0.717) is 31.2 Å². The molecular weight excluding hydrogens is 450 g/mol. The molecule has 7 nitrogen and oxygen atoms in total. The molecule has 9 heteroatoms. The molecule has 32 heavy (non-hydrogen) atoms. The van der Waals surface area contributed by atoms with Crippen LogP contribution in [-0.4, -0.2) is 49.9 Å². The van der Waals surface area contributed by atoms with Gasteiger partial charge in [0.15, 0.2) is 11.5 Å². The molecule has 0 radical (unpaired) electrons. The number of benzene rings is 1. The molecule has 0 aliphatic carbocycles. The molecule has 0 N–H and O–H groups in total. The third-order valence-electron chi connectivity index (χ3n) is 5.77. The van der Waals surface area contributed by atoms with Crippen LogP contribution in [0.15, 0.2) is 18.2 Å². The summed E-state index contributed by atoms with van der Waals surface area (Å²) in [6, 6.07) is 5.89. The van der Waals surface area contributed by atoms with Crippen LogP contribution in [0.3, 0.4) is 0 Å². The van der Waals surface area contributed by atoms with Crippen molar-refractivity contribution < 1.29 is 19.0 Å². The minimum absolute atomic E-state index is 0.0754. The summed E-state index contributed by atoms with van der Waals surface area (Å²) >= 11 is 7.90. The van der Waals surface area contributed by atoms with Crippen LogP contribution in [0.25, 0.3) is 21.3 Å². The molecule has 0 spiro atoms. The van der Waals surface area contributed by atoms with E-state index in [4.69, 9.17) is 25.8 Å². The Kier molecular flexibility index (Phi) is 6.71. The number of aromatic nitrogens is 2. The highest BCUT2D eigenvalue weighted by atomic mass is 35.5. The van der Waals surface area contributed by atoms with E-state index in [9.17, 15) is 4.79 Å². The Morgan fingerprint density at radius 1 is 1.19 bits per heavy atom. The highest BCUT2D eigenvalue weighted by molar-refractivity contribution is 7.19. The zero-order valence-corrected chi connectivity index (χ0v) is 20.2. The Morgan fingerprint density at radius 3 is 2.56 bits per heavy atom. The largest absolute Gasteiger partial charge is 0.493 e. The first-order valence-electron chi connectivity index (χ1n) is 10.6. The monoisotopic (exact) mass is 475 g/mol. The van der Waals surface area contributed by atoms with Gasteiger partial charge >= 0.3 is 5.97 Å². The Hall–Kier alpha value is -2.58. The second-order valence-electron chi connectivity index (χ2n) is 7.61.